The molecule has 0 heterocycles. The fraction of sp³-hybridized carbons (Fsp3) is 0.533. The molecule has 2 N–H and O–H groups in total. The van der Waals surface area contributed by atoms with Crippen LogP contribution in [0.5, 0.6) is 0 Å². The van der Waals surface area contributed by atoms with Crippen LogP contribution in [0.3, 0.4) is 0 Å². The Hall–Kier alpha value is -1.56. The highest BCUT2D eigenvalue weighted by atomic mass is 19.2. The molecule has 1 saturated carbocycles. The molecule has 116 valence electrons. The molecular weight excluding hydrogens is 283 g/mol. The molecule has 6 heteroatoms. The zero-order valence-corrected chi connectivity index (χ0v) is 11.5. The van der Waals surface area contributed by atoms with Crippen LogP contribution in [0.4, 0.5) is 13.2 Å². The lowest BCUT2D eigenvalue weighted by Gasteiger charge is -2.18. The predicted octanol–water partition coefficient (Wildman–Crippen LogP) is 2.31. The topological polar surface area (TPSA) is 49.3 Å². The van der Waals surface area contributed by atoms with Gasteiger partial charge in [-0.3, -0.25) is 4.79 Å². The lowest BCUT2D eigenvalue weighted by Crippen LogP contribution is -2.36. The molecule has 0 spiro atoms. The predicted molar refractivity (Wildman–Crippen MR) is 71.0 cm³/mol. The maximum atomic E-state index is 13.4. The van der Waals surface area contributed by atoms with Crippen LogP contribution < -0.4 is 5.32 Å². The van der Waals surface area contributed by atoms with Crippen molar-refractivity contribution in [1.29, 1.82) is 0 Å². The average Bonchev–Trinajstić information content (AvgIpc) is 2.96. The number of amides is 1. The van der Waals surface area contributed by atoms with E-state index < -0.39 is 29.5 Å². The molecule has 1 aliphatic rings. The largest absolute Gasteiger partial charge is 0.391 e. The summed E-state index contributed by atoms with van der Waals surface area (Å²) in [5.74, 6) is -3.78. The van der Waals surface area contributed by atoms with Crippen LogP contribution in [0, 0.1) is 23.4 Å². The summed E-state index contributed by atoms with van der Waals surface area (Å²) >= 11 is 0. The van der Waals surface area contributed by atoms with Gasteiger partial charge in [0, 0.05) is 18.2 Å². The van der Waals surface area contributed by atoms with Gasteiger partial charge in [0.05, 0.1) is 12.5 Å². The first-order valence-electron chi connectivity index (χ1n) is 7.05. The van der Waals surface area contributed by atoms with Crippen LogP contribution in [-0.2, 0) is 11.2 Å². The number of carbonyl (C=O) groups is 1. The van der Waals surface area contributed by atoms with Crippen molar-refractivity contribution in [3.05, 3.63) is 35.1 Å². The van der Waals surface area contributed by atoms with E-state index in [4.69, 9.17) is 0 Å². The van der Waals surface area contributed by atoms with Crippen molar-refractivity contribution in [2.24, 2.45) is 5.92 Å². The maximum absolute atomic E-state index is 13.4. The van der Waals surface area contributed by atoms with Gasteiger partial charge in [-0.2, -0.15) is 0 Å². The van der Waals surface area contributed by atoms with E-state index in [1.54, 1.807) is 0 Å². The molecule has 1 aromatic rings. The van der Waals surface area contributed by atoms with Gasteiger partial charge < -0.3 is 10.4 Å². The Bertz CT molecular complexity index is 516. The number of hydrogen-bond donors (Lipinski definition) is 2. The lowest BCUT2D eigenvalue weighted by atomic mass is 10.0. The highest BCUT2D eigenvalue weighted by molar-refractivity contribution is 5.78. The Labute approximate surface area is 121 Å². The highest BCUT2D eigenvalue weighted by Gasteiger charge is 2.23. The van der Waals surface area contributed by atoms with Crippen molar-refractivity contribution in [1.82, 2.24) is 5.32 Å². The third-order valence-corrected chi connectivity index (χ3v) is 3.89. The van der Waals surface area contributed by atoms with Gasteiger partial charge in [0.15, 0.2) is 11.6 Å². The van der Waals surface area contributed by atoms with Crippen LogP contribution in [0.2, 0.25) is 0 Å². The van der Waals surface area contributed by atoms with E-state index in [9.17, 15) is 23.1 Å². The van der Waals surface area contributed by atoms with Crippen molar-refractivity contribution < 1.29 is 23.1 Å². The second-order valence-electron chi connectivity index (χ2n) is 5.45. The van der Waals surface area contributed by atoms with E-state index in [1.807, 2.05) is 0 Å². The average molecular weight is 301 g/mol. The first kappa shape index (κ1) is 15.8. The third kappa shape index (κ3) is 4.20. The Morgan fingerprint density at radius 2 is 1.81 bits per heavy atom. The molecule has 2 rings (SSSR count). The number of halogens is 3. The second-order valence-corrected chi connectivity index (χ2v) is 5.45. The molecule has 1 aromatic carbocycles. The van der Waals surface area contributed by atoms with Gasteiger partial charge >= 0.3 is 0 Å². The van der Waals surface area contributed by atoms with Crippen LogP contribution in [0.25, 0.3) is 0 Å². The minimum atomic E-state index is -1.28. The van der Waals surface area contributed by atoms with E-state index in [0.717, 1.165) is 25.7 Å². The summed E-state index contributed by atoms with van der Waals surface area (Å²) in [7, 11) is 0. The molecule has 1 aliphatic carbocycles. The summed E-state index contributed by atoms with van der Waals surface area (Å²) in [6.45, 7) is 0.0921. The monoisotopic (exact) mass is 301 g/mol. The Morgan fingerprint density at radius 1 is 1.19 bits per heavy atom. The van der Waals surface area contributed by atoms with Gasteiger partial charge in [-0.05, 0) is 24.8 Å². The number of aliphatic hydroxyl groups is 1. The maximum Gasteiger partial charge on any atom is 0.224 e. The van der Waals surface area contributed by atoms with E-state index >= 15 is 0 Å². The Balaban J connectivity index is 1.85. The first-order valence-corrected chi connectivity index (χ1v) is 7.05. The lowest BCUT2D eigenvalue weighted by molar-refractivity contribution is -0.121. The van der Waals surface area contributed by atoms with Gasteiger partial charge in [-0.1, -0.05) is 12.8 Å². The molecule has 21 heavy (non-hydrogen) atoms. The number of hydrogen-bond acceptors (Lipinski definition) is 2. The van der Waals surface area contributed by atoms with Crippen molar-refractivity contribution in [2.45, 2.75) is 38.2 Å². The Morgan fingerprint density at radius 3 is 2.48 bits per heavy atom. The van der Waals surface area contributed by atoms with Crippen molar-refractivity contribution in [3.63, 3.8) is 0 Å². The van der Waals surface area contributed by atoms with E-state index in [1.165, 1.54) is 0 Å². The summed E-state index contributed by atoms with van der Waals surface area (Å²) in [5.41, 5.74) is -0.207. The van der Waals surface area contributed by atoms with Crippen LogP contribution >= 0.6 is 0 Å². The van der Waals surface area contributed by atoms with Gasteiger partial charge in [-0.15, -0.1) is 0 Å². The molecule has 1 unspecified atom stereocenters. The minimum absolute atomic E-state index is 0.0921. The summed E-state index contributed by atoms with van der Waals surface area (Å²) in [6.07, 6.45) is 3.03. The third-order valence-electron chi connectivity index (χ3n) is 3.89. The van der Waals surface area contributed by atoms with Crippen molar-refractivity contribution in [3.8, 4) is 0 Å². The summed E-state index contributed by atoms with van der Waals surface area (Å²) in [6, 6.07) is 1.10. The minimum Gasteiger partial charge on any atom is -0.391 e. The highest BCUT2D eigenvalue weighted by Crippen LogP contribution is 2.27. The van der Waals surface area contributed by atoms with Gasteiger partial charge in [0.25, 0.3) is 0 Å². The van der Waals surface area contributed by atoms with Gasteiger partial charge in [-0.25, -0.2) is 13.2 Å². The van der Waals surface area contributed by atoms with Crippen molar-refractivity contribution >= 4 is 5.91 Å². The van der Waals surface area contributed by atoms with Crippen LogP contribution in [-0.4, -0.2) is 23.7 Å². The zero-order valence-electron chi connectivity index (χ0n) is 11.5. The molecule has 1 amide bonds. The normalized spacial score (nSPS) is 17.0. The molecule has 0 radical (unpaired) electrons. The van der Waals surface area contributed by atoms with Crippen LogP contribution in [0.1, 0.15) is 31.2 Å². The molecule has 0 bridgehead atoms. The second kappa shape index (κ2) is 6.93. The number of carbonyl (C=O) groups excluding carboxylic acids is 1. The SMILES string of the molecule is O=C(Cc1cc(F)c(F)cc1F)NCC(O)C1CCCC1. The number of benzene rings is 1. The quantitative estimate of drug-likeness (QED) is 0.820. The summed E-state index contributed by atoms with van der Waals surface area (Å²) in [5, 5.41) is 12.4. The van der Waals surface area contributed by atoms with Crippen LogP contribution in [0.15, 0.2) is 12.1 Å². The molecule has 1 fully saturated rings. The van der Waals surface area contributed by atoms with Crippen molar-refractivity contribution in [2.75, 3.05) is 6.54 Å². The van der Waals surface area contributed by atoms with E-state index in [0.29, 0.717) is 12.1 Å². The molecule has 3 nitrogen and oxygen atoms in total. The fourth-order valence-corrected chi connectivity index (χ4v) is 2.66. The summed E-state index contributed by atoms with van der Waals surface area (Å²) in [4.78, 5) is 11.7. The standard InChI is InChI=1S/C15H18F3NO2/c16-11-7-13(18)12(17)5-10(11)6-15(21)19-8-14(20)9-3-1-2-4-9/h5,7,9,14,20H,1-4,6,8H2,(H,19,21). The molecule has 0 saturated heterocycles. The molecule has 1 atom stereocenters. The van der Waals surface area contributed by atoms with Gasteiger partial charge in [0.2, 0.25) is 5.91 Å². The number of aliphatic hydroxyl groups excluding tert-OH is 1. The van der Waals surface area contributed by atoms with E-state index in [-0.39, 0.29) is 24.4 Å². The first-order chi connectivity index (χ1) is 9.97. The molecule has 0 aliphatic heterocycles. The number of nitrogens with one attached hydrogen (secondary N) is 1. The smallest absolute Gasteiger partial charge is 0.224 e. The molecule has 0 aromatic heterocycles. The molecular formula is C15H18F3NO2. The van der Waals surface area contributed by atoms with E-state index in [2.05, 4.69) is 5.32 Å². The number of rotatable bonds is 5. The fourth-order valence-electron chi connectivity index (χ4n) is 2.66. The zero-order chi connectivity index (χ0) is 15.4. The van der Waals surface area contributed by atoms with Gasteiger partial charge in [0.1, 0.15) is 5.82 Å². The summed E-state index contributed by atoms with van der Waals surface area (Å²) < 4.78 is 39.2. The Kier molecular flexibility index (Phi) is 5.22.